The average molecular weight is 232 g/mol. The number of rotatable bonds is 5. The second kappa shape index (κ2) is 5.93. The molecule has 1 aromatic rings. The van der Waals surface area contributed by atoms with Crippen molar-refractivity contribution < 1.29 is 14.3 Å². The van der Waals surface area contributed by atoms with Gasteiger partial charge >= 0.3 is 5.97 Å². The highest BCUT2D eigenvalue weighted by atomic mass is 33.1. The van der Waals surface area contributed by atoms with Crippen molar-refractivity contribution in [2.45, 2.75) is 11.3 Å². The third-order valence-corrected chi connectivity index (χ3v) is 3.75. The molecular formula is C9H9FO2S2. The third kappa shape index (κ3) is 4.53. The van der Waals surface area contributed by atoms with Gasteiger partial charge in [-0.15, -0.1) is 0 Å². The van der Waals surface area contributed by atoms with Crippen LogP contribution in [-0.2, 0) is 4.79 Å². The Kier molecular flexibility index (Phi) is 4.82. The molecule has 14 heavy (non-hydrogen) atoms. The fraction of sp³-hybridized carbons (Fsp3) is 0.222. The molecule has 0 aromatic heterocycles. The number of hydrogen-bond donors (Lipinski definition) is 1. The highest BCUT2D eigenvalue weighted by molar-refractivity contribution is 8.76. The minimum Gasteiger partial charge on any atom is -0.481 e. The van der Waals surface area contributed by atoms with Crippen LogP contribution in [0, 0.1) is 5.82 Å². The first-order chi connectivity index (χ1) is 6.68. The van der Waals surface area contributed by atoms with Crippen LogP contribution in [-0.4, -0.2) is 16.8 Å². The Labute approximate surface area is 89.3 Å². The summed E-state index contributed by atoms with van der Waals surface area (Å²) in [5, 5.41) is 8.37. The summed E-state index contributed by atoms with van der Waals surface area (Å²) in [6, 6.07) is 6.13. The highest BCUT2D eigenvalue weighted by Crippen LogP contribution is 2.31. The van der Waals surface area contributed by atoms with E-state index in [2.05, 4.69) is 0 Å². The van der Waals surface area contributed by atoms with Crippen molar-refractivity contribution in [3.05, 3.63) is 30.1 Å². The molecule has 0 radical (unpaired) electrons. The number of hydrogen-bond acceptors (Lipinski definition) is 3. The Morgan fingerprint density at radius 1 is 1.36 bits per heavy atom. The standard InChI is InChI=1S/C9H9FO2S2/c10-7-1-3-8(4-2-7)14-13-6-5-9(11)12/h1-4H,5-6H2,(H,11,12). The van der Waals surface area contributed by atoms with Gasteiger partial charge in [0.2, 0.25) is 0 Å². The van der Waals surface area contributed by atoms with Gasteiger partial charge in [0.1, 0.15) is 5.82 Å². The van der Waals surface area contributed by atoms with E-state index in [4.69, 9.17) is 5.11 Å². The van der Waals surface area contributed by atoms with Gasteiger partial charge in [0.25, 0.3) is 0 Å². The van der Waals surface area contributed by atoms with E-state index in [1.165, 1.54) is 33.7 Å². The van der Waals surface area contributed by atoms with Crippen LogP contribution in [0.1, 0.15) is 6.42 Å². The summed E-state index contributed by atoms with van der Waals surface area (Å²) in [7, 11) is 2.91. The lowest BCUT2D eigenvalue weighted by Crippen LogP contribution is -1.94. The fourth-order valence-electron chi connectivity index (χ4n) is 0.729. The normalized spacial score (nSPS) is 10.1. The van der Waals surface area contributed by atoms with Gasteiger partial charge < -0.3 is 5.11 Å². The van der Waals surface area contributed by atoms with Crippen molar-refractivity contribution in [1.82, 2.24) is 0 Å². The smallest absolute Gasteiger partial charge is 0.304 e. The number of aliphatic carboxylic acids is 1. The molecular weight excluding hydrogens is 223 g/mol. The van der Waals surface area contributed by atoms with Crippen LogP contribution in [0.5, 0.6) is 0 Å². The third-order valence-electron chi connectivity index (χ3n) is 1.37. The summed E-state index contributed by atoms with van der Waals surface area (Å²) in [5.74, 6) is -0.501. The minimum absolute atomic E-state index is 0.152. The van der Waals surface area contributed by atoms with E-state index in [1.54, 1.807) is 12.1 Å². The Bertz CT molecular complexity index is 300. The van der Waals surface area contributed by atoms with Crippen LogP contribution in [0.25, 0.3) is 0 Å². The first-order valence-corrected chi connectivity index (χ1v) is 6.27. The molecule has 1 N–H and O–H groups in total. The van der Waals surface area contributed by atoms with Crippen molar-refractivity contribution in [3.8, 4) is 0 Å². The fourth-order valence-corrected chi connectivity index (χ4v) is 2.69. The quantitative estimate of drug-likeness (QED) is 0.625. The van der Waals surface area contributed by atoms with Gasteiger partial charge in [-0.05, 0) is 24.3 Å². The van der Waals surface area contributed by atoms with Gasteiger partial charge in [0.05, 0.1) is 6.42 Å². The molecule has 1 aromatic carbocycles. The van der Waals surface area contributed by atoms with Crippen molar-refractivity contribution in [1.29, 1.82) is 0 Å². The second-order valence-corrected chi connectivity index (χ2v) is 4.99. The first-order valence-electron chi connectivity index (χ1n) is 3.95. The zero-order valence-corrected chi connectivity index (χ0v) is 8.91. The summed E-state index contributed by atoms with van der Waals surface area (Å²) in [6.45, 7) is 0. The average Bonchev–Trinajstić information content (AvgIpc) is 2.15. The van der Waals surface area contributed by atoms with E-state index in [-0.39, 0.29) is 12.2 Å². The molecule has 1 rings (SSSR count). The van der Waals surface area contributed by atoms with E-state index in [9.17, 15) is 9.18 Å². The van der Waals surface area contributed by atoms with Crippen molar-refractivity contribution in [2.75, 3.05) is 5.75 Å². The molecule has 0 aliphatic heterocycles. The molecule has 5 heteroatoms. The maximum absolute atomic E-state index is 12.5. The zero-order chi connectivity index (χ0) is 10.4. The van der Waals surface area contributed by atoms with E-state index in [1.807, 2.05) is 0 Å². The Morgan fingerprint density at radius 2 is 2.00 bits per heavy atom. The van der Waals surface area contributed by atoms with Crippen LogP contribution in [0.3, 0.4) is 0 Å². The summed E-state index contributed by atoms with van der Waals surface area (Å²) < 4.78 is 12.5. The molecule has 0 amide bonds. The molecule has 0 spiro atoms. The van der Waals surface area contributed by atoms with Crippen LogP contribution in [0.2, 0.25) is 0 Å². The number of carboxylic acids is 1. The van der Waals surface area contributed by atoms with Crippen LogP contribution in [0.15, 0.2) is 29.2 Å². The van der Waals surface area contributed by atoms with E-state index >= 15 is 0 Å². The van der Waals surface area contributed by atoms with Gasteiger partial charge in [-0.2, -0.15) is 0 Å². The summed E-state index contributed by atoms with van der Waals surface area (Å²) in [5.41, 5.74) is 0. The lowest BCUT2D eigenvalue weighted by atomic mass is 10.4. The Balaban J connectivity index is 2.25. The van der Waals surface area contributed by atoms with Gasteiger partial charge in [0.15, 0.2) is 0 Å². The summed E-state index contributed by atoms with van der Waals surface area (Å²) in [6.07, 6.45) is 0.152. The topological polar surface area (TPSA) is 37.3 Å². The number of benzene rings is 1. The molecule has 0 unspecified atom stereocenters. The largest absolute Gasteiger partial charge is 0.481 e. The molecule has 0 bridgehead atoms. The predicted octanol–water partition coefficient (Wildman–Crippen LogP) is 3.04. The number of carbonyl (C=O) groups is 1. The van der Waals surface area contributed by atoms with Gasteiger partial charge in [-0.3, -0.25) is 4.79 Å². The van der Waals surface area contributed by atoms with Gasteiger partial charge in [0, 0.05) is 10.6 Å². The van der Waals surface area contributed by atoms with E-state index in [0.717, 1.165) is 4.90 Å². The Morgan fingerprint density at radius 3 is 2.57 bits per heavy atom. The lowest BCUT2D eigenvalue weighted by Gasteiger charge is -1.98. The second-order valence-electron chi connectivity index (χ2n) is 2.50. The van der Waals surface area contributed by atoms with E-state index in [0.29, 0.717) is 5.75 Å². The lowest BCUT2D eigenvalue weighted by molar-refractivity contribution is -0.136. The number of halogens is 1. The molecule has 0 fully saturated rings. The molecule has 0 atom stereocenters. The van der Waals surface area contributed by atoms with Crippen LogP contribution in [0.4, 0.5) is 4.39 Å². The van der Waals surface area contributed by atoms with Crippen molar-refractivity contribution in [3.63, 3.8) is 0 Å². The van der Waals surface area contributed by atoms with Crippen molar-refractivity contribution >= 4 is 27.6 Å². The molecule has 0 heterocycles. The van der Waals surface area contributed by atoms with Gasteiger partial charge in [-0.1, -0.05) is 21.6 Å². The zero-order valence-electron chi connectivity index (χ0n) is 7.27. The van der Waals surface area contributed by atoms with Crippen molar-refractivity contribution in [2.24, 2.45) is 0 Å². The predicted molar refractivity (Wildman–Crippen MR) is 57.0 cm³/mol. The van der Waals surface area contributed by atoms with E-state index < -0.39 is 5.97 Å². The molecule has 2 nitrogen and oxygen atoms in total. The van der Waals surface area contributed by atoms with Crippen LogP contribution >= 0.6 is 21.6 Å². The Hall–Kier alpha value is -0.680. The highest BCUT2D eigenvalue weighted by Gasteiger charge is 1.98. The SMILES string of the molecule is O=C(O)CCSSc1ccc(F)cc1. The molecule has 0 aliphatic carbocycles. The first kappa shape index (κ1) is 11.4. The van der Waals surface area contributed by atoms with Crippen LogP contribution < -0.4 is 0 Å². The minimum atomic E-state index is -0.794. The summed E-state index contributed by atoms with van der Waals surface area (Å²) in [4.78, 5) is 11.1. The molecule has 0 aliphatic rings. The maximum Gasteiger partial charge on any atom is 0.304 e. The van der Waals surface area contributed by atoms with Gasteiger partial charge in [-0.25, -0.2) is 4.39 Å². The molecule has 0 saturated carbocycles. The summed E-state index contributed by atoms with van der Waals surface area (Å²) >= 11 is 0. The number of carboxylic acid groups (broad SMARTS) is 1. The molecule has 76 valence electrons. The monoisotopic (exact) mass is 232 g/mol. The molecule has 0 saturated heterocycles. The maximum atomic E-state index is 12.5.